The molecular weight excluding hydrogens is 436 g/mol. The topological polar surface area (TPSA) is 68.6 Å². The van der Waals surface area contributed by atoms with Crippen LogP contribution in [0.1, 0.15) is 45.1 Å². The number of pyridine rings is 1. The summed E-state index contributed by atoms with van der Waals surface area (Å²) >= 11 is 5.72. The number of methoxy groups -OCH3 is 2. The van der Waals surface area contributed by atoms with Crippen molar-refractivity contribution in [2.45, 2.75) is 25.9 Å². The Morgan fingerprint density at radius 3 is 2.67 bits per heavy atom. The summed E-state index contributed by atoms with van der Waals surface area (Å²) in [6.45, 7) is 5.39. The summed E-state index contributed by atoms with van der Waals surface area (Å²) in [6, 6.07) is 15.4. The van der Waals surface area contributed by atoms with E-state index in [1.807, 2.05) is 36.4 Å². The van der Waals surface area contributed by atoms with E-state index in [0.29, 0.717) is 23.8 Å². The molecule has 172 valence electrons. The fraction of sp³-hybridized carbons (Fsp3) is 0.320. The van der Waals surface area contributed by atoms with Gasteiger partial charge in [-0.3, -0.25) is 4.98 Å². The lowest BCUT2D eigenvalue weighted by atomic mass is 9.97. The Morgan fingerprint density at radius 1 is 1.15 bits per heavy atom. The number of aromatic nitrogens is 2. The molecular formula is C25H28N4O3S. The highest BCUT2D eigenvalue weighted by atomic mass is 32.1. The number of hydrogen-bond acceptors (Lipinski definition) is 5. The Balaban J connectivity index is 1.81. The maximum absolute atomic E-state index is 12.1. The van der Waals surface area contributed by atoms with Crippen LogP contribution in [-0.4, -0.2) is 52.9 Å². The van der Waals surface area contributed by atoms with Crippen LogP contribution < -0.4 is 5.32 Å². The number of nitrogens with zero attached hydrogens (tertiary/aromatic N) is 3. The van der Waals surface area contributed by atoms with E-state index in [2.05, 4.69) is 39.7 Å². The molecule has 0 radical (unpaired) electrons. The van der Waals surface area contributed by atoms with E-state index < -0.39 is 0 Å². The molecule has 8 heteroatoms. The highest BCUT2D eigenvalue weighted by Crippen LogP contribution is 2.41. The van der Waals surface area contributed by atoms with Crippen LogP contribution in [-0.2, 0) is 9.47 Å². The highest BCUT2D eigenvalue weighted by Gasteiger charge is 2.41. The Kier molecular flexibility index (Phi) is 6.76. The van der Waals surface area contributed by atoms with Gasteiger partial charge in [-0.25, -0.2) is 4.79 Å². The lowest BCUT2D eigenvalue weighted by Gasteiger charge is -2.28. The van der Waals surface area contributed by atoms with E-state index in [1.54, 1.807) is 19.4 Å². The number of carbonyl (C=O) groups excluding carboxylic acids is 1. The fourth-order valence-electron chi connectivity index (χ4n) is 4.55. The van der Waals surface area contributed by atoms with Crippen LogP contribution in [0.25, 0.3) is 5.69 Å². The molecule has 0 bridgehead atoms. The van der Waals surface area contributed by atoms with Gasteiger partial charge in [0, 0.05) is 36.9 Å². The van der Waals surface area contributed by atoms with Crippen molar-refractivity contribution in [3.05, 3.63) is 82.9 Å². The van der Waals surface area contributed by atoms with Gasteiger partial charge in [0.1, 0.15) is 0 Å². The summed E-state index contributed by atoms with van der Waals surface area (Å²) in [5, 5.41) is 4.16. The number of rotatable bonds is 7. The maximum atomic E-state index is 12.1. The smallest absolute Gasteiger partial charge is 0.337 e. The highest BCUT2D eigenvalue weighted by molar-refractivity contribution is 7.80. The minimum Gasteiger partial charge on any atom is -0.465 e. The molecule has 3 heterocycles. The summed E-state index contributed by atoms with van der Waals surface area (Å²) in [5.74, 6) is -0.356. The van der Waals surface area contributed by atoms with E-state index in [4.69, 9.17) is 21.7 Å². The Hall–Kier alpha value is -3.23. The van der Waals surface area contributed by atoms with Gasteiger partial charge >= 0.3 is 5.97 Å². The van der Waals surface area contributed by atoms with Gasteiger partial charge in [0.05, 0.1) is 37.1 Å². The van der Waals surface area contributed by atoms with Gasteiger partial charge in [-0.2, -0.15) is 0 Å². The van der Waals surface area contributed by atoms with Crippen molar-refractivity contribution >= 4 is 23.3 Å². The minimum atomic E-state index is -0.356. The molecule has 1 aromatic carbocycles. The number of benzene rings is 1. The van der Waals surface area contributed by atoms with Crippen molar-refractivity contribution < 1.29 is 14.3 Å². The average Bonchev–Trinajstić information content (AvgIpc) is 3.32. The van der Waals surface area contributed by atoms with Gasteiger partial charge < -0.3 is 24.3 Å². The predicted molar refractivity (Wildman–Crippen MR) is 131 cm³/mol. The van der Waals surface area contributed by atoms with Gasteiger partial charge in [-0.05, 0) is 68.0 Å². The molecule has 0 saturated carbocycles. The molecule has 0 aliphatic carbocycles. The molecule has 1 fully saturated rings. The third-order valence-electron chi connectivity index (χ3n) is 6.05. The molecule has 2 aromatic heterocycles. The lowest BCUT2D eigenvalue weighted by Crippen LogP contribution is -2.32. The summed E-state index contributed by atoms with van der Waals surface area (Å²) in [7, 11) is 3.08. The van der Waals surface area contributed by atoms with Gasteiger partial charge in [-0.1, -0.05) is 12.1 Å². The molecule has 1 saturated heterocycles. The predicted octanol–water partition coefficient (Wildman–Crippen LogP) is 3.89. The van der Waals surface area contributed by atoms with Gasteiger partial charge in [0.25, 0.3) is 0 Å². The van der Waals surface area contributed by atoms with Gasteiger partial charge in [0.15, 0.2) is 5.11 Å². The summed E-state index contributed by atoms with van der Waals surface area (Å²) in [6.07, 6.45) is 1.80. The number of carbonyl (C=O) groups is 1. The first-order chi connectivity index (χ1) is 16.0. The van der Waals surface area contributed by atoms with Crippen molar-refractivity contribution in [2.24, 2.45) is 0 Å². The van der Waals surface area contributed by atoms with Crippen molar-refractivity contribution in [3.63, 3.8) is 0 Å². The second kappa shape index (κ2) is 9.72. The number of esters is 1. The molecule has 0 amide bonds. The van der Waals surface area contributed by atoms with Gasteiger partial charge in [-0.15, -0.1) is 0 Å². The average molecular weight is 465 g/mol. The van der Waals surface area contributed by atoms with Crippen LogP contribution in [0.3, 0.4) is 0 Å². The van der Waals surface area contributed by atoms with E-state index in [-0.39, 0.29) is 18.1 Å². The molecule has 1 aliphatic heterocycles. The number of aryl methyl sites for hydroxylation is 1. The normalized spacial score (nSPS) is 17.8. The van der Waals surface area contributed by atoms with Crippen molar-refractivity contribution in [3.8, 4) is 5.69 Å². The second-order valence-corrected chi connectivity index (χ2v) is 8.40. The molecule has 1 N–H and O–H groups in total. The van der Waals surface area contributed by atoms with E-state index >= 15 is 0 Å². The van der Waals surface area contributed by atoms with Crippen molar-refractivity contribution in [1.29, 1.82) is 0 Å². The first kappa shape index (κ1) is 22.9. The molecule has 33 heavy (non-hydrogen) atoms. The molecule has 4 rings (SSSR count). The lowest BCUT2D eigenvalue weighted by molar-refractivity contribution is 0.0600. The molecule has 0 unspecified atom stereocenters. The van der Waals surface area contributed by atoms with E-state index in [0.717, 1.165) is 28.3 Å². The quantitative estimate of drug-likeness (QED) is 0.420. The third-order valence-corrected chi connectivity index (χ3v) is 6.40. The van der Waals surface area contributed by atoms with Crippen LogP contribution in [0.2, 0.25) is 0 Å². The van der Waals surface area contributed by atoms with Crippen LogP contribution in [0.15, 0.2) is 54.7 Å². The molecule has 2 atom stereocenters. The second-order valence-electron chi connectivity index (χ2n) is 8.02. The van der Waals surface area contributed by atoms with Crippen LogP contribution in [0.5, 0.6) is 0 Å². The van der Waals surface area contributed by atoms with Gasteiger partial charge in [0.2, 0.25) is 0 Å². The number of thiocarbonyl (C=S) groups is 1. The number of ether oxygens (including phenoxy) is 2. The fourth-order valence-corrected chi connectivity index (χ4v) is 4.88. The van der Waals surface area contributed by atoms with E-state index in [1.165, 1.54) is 7.11 Å². The number of hydrogen-bond donors (Lipinski definition) is 1. The zero-order valence-corrected chi connectivity index (χ0v) is 20.1. The number of nitrogens with one attached hydrogen (secondary N) is 1. The SMILES string of the molecule is COCCN1C(=S)N[C@H](c2ccccn2)[C@@H]1c1cc(C)n(-c2cccc(C(=O)OC)c2)c1C. The van der Waals surface area contributed by atoms with Crippen LogP contribution in [0.4, 0.5) is 0 Å². The third kappa shape index (κ3) is 4.36. The minimum absolute atomic E-state index is 0.0497. The Labute approximate surface area is 199 Å². The zero-order valence-electron chi connectivity index (χ0n) is 19.2. The summed E-state index contributed by atoms with van der Waals surface area (Å²) < 4.78 is 12.4. The van der Waals surface area contributed by atoms with Crippen molar-refractivity contribution in [2.75, 3.05) is 27.4 Å². The Morgan fingerprint density at radius 2 is 1.97 bits per heavy atom. The first-order valence-corrected chi connectivity index (χ1v) is 11.2. The van der Waals surface area contributed by atoms with Crippen LogP contribution >= 0.6 is 12.2 Å². The molecule has 0 spiro atoms. The standard InChI is InChI=1S/C25H28N4O3S/c1-16-14-20(17(2)29(16)19-9-7-8-18(15-19)24(30)32-4)23-22(21-10-5-6-11-26-21)27-25(33)28(23)12-13-31-3/h5-11,14-15,22-23H,12-13H2,1-4H3,(H,27,33)/t22-,23+/m1/s1. The largest absolute Gasteiger partial charge is 0.465 e. The van der Waals surface area contributed by atoms with Crippen molar-refractivity contribution in [1.82, 2.24) is 19.8 Å². The Bertz CT molecular complexity index is 1160. The molecule has 3 aromatic rings. The van der Waals surface area contributed by atoms with Crippen LogP contribution in [0, 0.1) is 13.8 Å². The molecule has 7 nitrogen and oxygen atoms in total. The first-order valence-electron chi connectivity index (χ1n) is 10.8. The summed E-state index contributed by atoms with van der Waals surface area (Å²) in [5.41, 5.74) is 5.65. The van der Waals surface area contributed by atoms with E-state index in [9.17, 15) is 4.79 Å². The maximum Gasteiger partial charge on any atom is 0.337 e. The monoisotopic (exact) mass is 464 g/mol. The summed E-state index contributed by atoms with van der Waals surface area (Å²) in [4.78, 5) is 18.9. The zero-order chi connectivity index (χ0) is 23.5. The molecule has 1 aliphatic rings.